The SMILES string of the molecule is COc1ccccc1NCC(=O)N1CCC(Oc2ccc(C)cc2)CC1. The Kier molecular flexibility index (Phi) is 6.00. The van der Waals surface area contributed by atoms with E-state index in [0.717, 1.165) is 43.1 Å². The number of piperidine rings is 1. The summed E-state index contributed by atoms with van der Waals surface area (Å²) in [6, 6.07) is 15.7. The molecule has 1 saturated heterocycles. The lowest BCUT2D eigenvalue weighted by molar-refractivity contribution is -0.131. The number of rotatable bonds is 6. The smallest absolute Gasteiger partial charge is 0.241 e. The summed E-state index contributed by atoms with van der Waals surface area (Å²) in [6.45, 7) is 3.78. The third-order valence-electron chi connectivity index (χ3n) is 4.66. The fourth-order valence-electron chi connectivity index (χ4n) is 3.11. The predicted octanol–water partition coefficient (Wildman–Crippen LogP) is 3.49. The van der Waals surface area contributed by atoms with Gasteiger partial charge in [0.1, 0.15) is 17.6 Å². The number of likely N-dealkylation sites (tertiary alicyclic amines) is 1. The number of anilines is 1. The summed E-state index contributed by atoms with van der Waals surface area (Å²) in [5.41, 5.74) is 2.06. The molecular formula is C21H26N2O3. The number of amides is 1. The topological polar surface area (TPSA) is 50.8 Å². The average Bonchev–Trinajstić information content (AvgIpc) is 2.68. The molecule has 0 bridgehead atoms. The second-order valence-corrected chi connectivity index (χ2v) is 6.56. The summed E-state index contributed by atoms with van der Waals surface area (Å²) in [5.74, 6) is 1.74. The molecule has 0 saturated carbocycles. The van der Waals surface area contributed by atoms with Crippen molar-refractivity contribution in [2.45, 2.75) is 25.9 Å². The van der Waals surface area contributed by atoms with Crippen molar-refractivity contribution in [3.63, 3.8) is 0 Å². The number of carbonyl (C=O) groups is 1. The van der Waals surface area contributed by atoms with Crippen molar-refractivity contribution < 1.29 is 14.3 Å². The van der Waals surface area contributed by atoms with Gasteiger partial charge in [0, 0.05) is 25.9 Å². The van der Waals surface area contributed by atoms with Gasteiger partial charge in [-0.25, -0.2) is 0 Å². The molecule has 1 heterocycles. The molecule has 0 atom stereocenters. The Hall–Kier alpha value is -2.69. The van der Waals surface area contributed by atoms with Crippen molar-refractivity contribution in [1.29, 1.82) is 0 Å². The van der Waals surface area contributed by atoms with Crippen LogP contribution in [-0.4, -0.2) is 43.7 Å². The largest absolute Gasteiger partial charge is 0.495 e. The molecule has 1 amide bonds. The van der Waals surface area contributed by atoms with Gasteiger partial charge in [0.2, 0.25) is 5.91 Å². The van der Waals surface area contributed by atoms with Crippen LogP contribution < -0.4 is 14.8 Å². The second kappa shape index (κ2) is 8.61. The van der Waals surface area contributed by atoms with Crippen LogP contribution in [0.25, 0.3) is 0 Å². The fourth-order valence-corrected chi connectivity index (χ4v) is 3.11. The van der Waals surface area contributed by atoms with Crippen LogP contribution in [0.5, 0.6) is 11.5 Å². The van der Waals surface area contributed by atoms with E-state index >= 15 is 0 Å². The number of aryl methyl sites for hydroxylation is 1. The van der Waals surface area contributed by atoms with Gasteiger partial charge in [0.05, 0.1) is 19.3 Å². The van der Waals surface area contributed by atoms with Crippen molar-refractivity contribution in [1.82, 2.24) is 4.90 Å². The van der Waals surface area contributed by atoms with E-state index in [1.165, 1.54) is 5.56 Å². The molecule has 5 nitrogen and oxygen atoms in total. The third kappa shape index (κ3) is 4.69. The molecule has 0 unspecified atom stereocenters. The lowest BCUT2D eigenvalue weighted by Gasteiger charge is -2.32. The van der Waals surface area contributed by atoms with Crippen LogP contribution in [0.1, 0.15) is 18.4 Å². The Labute approximate surface area is 154 Å². The van der Waals surface area contributed by atoms with Crippen molar-refractivity contribution >= 4 is 11.6 Å². The Bertz CT molecular complexity index is 722. The van der Waals surface area contributed by atoms with Gasteiger partial charge in [-0.05, 0) is 31.2 Å². The van der Waals surface area contributed by atoms with Gasteiger partial charge in [0.15, 0.2) is 0 Å². The third-order valence-corrected chi connectivity index (χ3v) is 4.66. The molecule has 1 aliphatic heterocycles. The first-order chi connectivity index (χ1) is 12.7. The highest BCUT2D eigenvalue weighted by molar-refractivity contribution is 5.81. The summed E-state index contributed by atoms with van der Waals surface area (Å²) in [4.78, 5) is 14.4. The Morgan fingerprint density at radius 2 is 1.81 bits per heavy atom. The molecule has 5 heteroatoms. The highest BCUT2D eigenvalue weighted by Gasteiger charge is 2.23. The van der Waals surface area contributed by atoms with Crippen LogP contribution in [0.3, 0.4) is 0 Å². The van der Waals surface area contributed by atoms with Crippen molar-refractivity contribution in [3.8, 4) is 11.5 Å². The van der Waals surface area contributed by atoms with E-state index in [0.29, 0.717) is 0 Å². The number of methoxy groups -OCH3 is 1. The van der Waals surface area contributed by atoms with Gasteiger partial charge in [-0.2, -0.15) is 0 Å². The minimum absolute atomic E-state index is 0.102. The predicted molar refractivity (Wildman–Crippen MR) is 103 cm³/mol. The maximum Gasteiger partial charge on any atom is 0.241 e. The molecule has 26 heavy (non-hydrogen) atoms. The van der Waals surface area contributed by atoms with Crippen molar-refractivity contribution in [3.05, 3.63) is 54.1 Å². The quantitative estimate of drug-likeness (QED) is 0.863. The first-order valence-electron chi connectivity index (χ1n) is 9.03. The highest BCUT2D eigenvalue weighted by Crippen LogP contribution is 2.23. The van der Waals surface area contributed by atoms with Gasteiger partial charge in [0.25, 0.3) is 0 Å². The zero-order valence-corrected chi connectivity index (χ0v) is 15.4. The van der Waals surface area contributed by atoms with Gasteiger partial charge < -0.3 is 19.7 Å². The van der Waals surface area contributed by atoms with E-state index in [1.54, 1.807) is 7.11 Å². The van der Waals surface area contributed by atoms with Crippen LogP contribution in [0.2, 0.25) is 0 Å². The van der Waals surface area contributed by atoms with Crippen molar-refractivity contribution in [2.24, 2.45) is 0 Å². The summed E-state index contributed by atoms with van der Waals surface area (Å²) in [5, 5.41) is 3.17. The normalized spacial score (nSPS) is 14.8. The summed E-state index contributed by atoms with van der Waals surface area (Å²) in [6.07, 6.45) is 1.88. The first-order valence-corrected chi connectivity index (χ1v) is 9.03. The van der Waals surface area contributed by atoms with Gasteiger partial charge in [-0.1, -0.05) is 29.8 Å². The monoisotopic (exact) mass is 354 g/mol. The van der Waals surface area contributed by atoms with Crippen molar-refractivity contribution in [2.75, 3.05) is 32.1 Å². The molecular weight excluding hydrogens is 328 g/mol. The van der Waals surface area contributed by atoms with E-state index in [-0.39, 0.29) is 18.6 Å². The molecule has 1 fully saturated rings. The molecule has 138 valence electrons. The fraction of sp³-hybridized carbons (Fsp3) is 0.381. The van der Waals surface area contributed by atoms with Crippen LogP contribution in [0.15, 0.2) is 48.5 Å². The van der Waals surface area contributed by atoms with E-state index in [2.05, 4.69) is 24.4 Å². The van der Waals surface area contributed by atoms with Gasteiger partial charge in [-0.3, -0.25) is 4.79 Å². The number of nitrogens with zero attached hydrogens (tertiary/aromatic N) is 1. The zero-order valence-electron chi connectivity index (χ0n) is 15.4. The lowest BCUT2D eigenvalue weighted by Crippen LogP contribution is -2.44. The number of nitrogens with one attached hydrogen (secondary N) is 1. The number of hydrogen-bond acceptors (Lipinski definition) is 4. The average molecular weight is 354 g/mol. The summed E-state index contributed by atoms with van der Waals surface area (Å²) in [7, 11) is 1.63. The maximum absolute atomic E-state index is 12.5. The molecule has 0 radical (unpaired) electrons. The van der Waals surface area contributed by atoms with E-state index < -0.39 is 0 Å². The van der Waals surface area contributed by atoms with Crippen LogP contribution in [0.4, 0.5) is 5.69 Å². The lowest BCUT2D eigenvalue weighted by atomic mass is 10.1. The number of para-hydroxylation sites is 2. The minimum Gasteiger partial charge on any atom is -0.495 e. The molecule has 0 aliphatic carbocycles. The molecule has 0 spiro atoms. The summed E-state index contributed by atoms with van der Waals surface area (Å²) < 4.78 is 11.3. The Morgan fingerprint density at radius 1 is 1.12 bits per heavy atom. The molecule has 2 aromatic rings. The molecule has 1 aliphatic rings. The Balaban J connectivity index is 1.45. The number of benzene rings is 2. The standard InChI is InChI=1S/C21H26N2O3/c1-16-7-9-17(10-8-16)26-18-11-13-23(14-12-18)21(24)15-22-19-5-3-4-6-20(19)25-2/h3-10,18,22H,11-15H2,1-2H3. The Morgan fingerprint density at radius 3 is 2.50 bits per heavy atom. The molecule has 0 aromatic heterocycles. The minimum atomic E-state index is 0.102. The van der Waals surface area contributed by atoms with E-state index in [1.807, 2.05) is 41.3 Å². The van der Waals surface area contributed by atoms with Crippen LogP contribution in [-0.2, 0) is 4.79 Å². The van der Waals surface area contributed by atoms with E-state index in [4.69, 9.17) is 9.47 Å². The first kappa shape index (κ1) is 18.1. The molecule has 3 rings (SSSR count). The molecule has 1 N–H and O–H groups in total. The summed E-state index contributed by atoms with van der Waals surface area (Å²) >= 11 is 0. The number of ether oxygens (including phenoxy) is 2. The number of hydrogen-bond donors (Lipinski definition) is 1. The number of carbonyl (C=O) groups excluding carboxylic acids is 1. The van der Waals surface area contributed by atoms with Crippen LogP contribution >= 0.6 is 0 Å². The highest BCUT2D eigenvalue weighted by atomic mass is 16.5. The van der Waals surface area contributed by atoms with Crippen LogP contribution in [0, 0.1) is 6.92 Å². The van der Waals surface area contributed by atoms with E-state index in [9.17, 15) is 4.79 Å². The van der Waals surface area contributed by atoms with Gasteiger partial charge in [-0.15, -0.1) is 0 Å². The zero-order chi connectivity index (χ0) is 18.4. The maximum atomic E-state index is 12.5. The van der Waals surface area contributed by atoms with Gasteiger partial charge >= 0.3 is 0 Å². The molecule has 2 aromatic carbocycles. The second-order valence-electron chi connectivity index (χ2n) is 6.56.